The first kappa shape index (κ1) is 13.4. The summed E-state index contributed by atoms with van der Waals surface area (Å²) in [4.78, 5) is 0. The molecule has 1 aromatic carbocycles. The van der Waals surface area contributed by atoms with E-state index in [-0.39, 0.29) is 5.57 Å². The molecule has 86 valence electrons. The summed E-state index contributed by atoms with van der Waals surface area (Å²) in [5, 5.41) is 21.3. The maximum Gasteiger partial charge on any atom is 0.148 e. The van der Waals surface area contributed by atoms with E-state index in [1.165, 1.54) is 0 Å². The zero-order valence-electron chi connectivity index (χ0n) is 9.09. The van der Waals surface area contributed by atoms with Gasteiger partial charge in [0, 0.05) is 12.2 Å². The summed E-state index contributed by atoms with van der Waals surface area (Å²) in [6.07, 6.45) is 0. The van der Waals surface area contributed by atoms with E-state index in [1.807, 2.05) is 18.2 Å². The minimum absolute atomic E-state index is 0.0741. The van der Waals surface area contributed by atoms with E-state index in [0.29, 0.717) is 22.3 Å². The molecular weight excluding hydrogens is 257 g/mol. The first-order valence-electron chi connectivity index (χ1n) is 4.77. The van der Waals surface area contributed by atoms with Gasteiger partial charge in [0.1, 0.15) is 17.7 Å². The van der Waals surface area contributed by atoms with E-state index in [9.17, 15) is 0 Å². The summed E-state index contributed by atoms with van der Waals surface area (Å²) in [5.41, 5.74) is 1.54. The molecule has 0 bridgehead atoms. The molecule has 0 aliphatic rings. The maximum atomic E-state index is 8.67. The first-order valence-corrected chi connectivity index (χ1v) is 5.53. The largest absolute Gasteiger partial charge is 0.383 e. The van der Waals surface area contributed by atoms with Gasteiger partial charge in [0.05, 0.1) is 10.0 Å². The minimum Gasteiger partial charge on any atom is -0.383 e. The summed E-state index contributed by atoms with van der Waals surface area (Å²) >= 11 is 11.7. The van der Waals surface area contributed by atoms with Gasteiger partial charge in [-0.15, -0.1) is 0 Å². The fourth-order valence-electron chi connectivity index (χ4n) is 1.17. The Balaban J connectivity index is 2.76. The Hall–Kier alpha value is -1.68. The number of nitriles is 2. The van der Waals surface area contributed by atoms with E-state index < -0.39 is 0 Å². The molecule has 1 N–H and O–H groups in total. The predicted octanol–water partition coefficient (Wildman–Crippen LogP) is 3.40. The second kappa shape index (κ2) is 6.15. The Morgan fingerprint density at radius 3 is 2.41 bits per heavy atom. The van der Waals surface area contributed by atoms with Crippen LogP contribution in [-0.2, 0) is 6.54 Å². The number of benzene rings is 1. The van der Waals surface area contributed by atoms with Crippen LogP contribution in [0.2, 0.25) is 10.0 Å². The second-order valence-corrected chi connectivity index (χ2v) is 4.14. The van der Waals surface area contributed by atoms with Crippen molar-refractivity contribution in [2.24, 2.45) is 0 Å². The number of nitrogens with one attached hydrogen (secondary N) is 1. The molecular formula is C12H9Cl2N3. The first-order chi connectivity index (χ1) is 8.08. The second-order valence-electron chi connectivity index (χ2n) is 3.33. The van der Waals surface area contributed by atoms with Crippen LogP contribution in [0.15, 0.2) is 29.5 Å². The van der Waals surface area contributed by atoms with Crippen LogP contribution in [0.1, 0.15) is 12.5 Å². The van der Waals surface area contributed by atoms with Crippen molar-refractivity contribution in [2.45, 2.75) is 13.5 Å². The van der Waals surface area contributed by atoms with E-state index in [0.717, 1.165) is 5.56 Å². The molecule has 0 saturated carbocycles. The summed E-state index contributed by atoms with van der Waals surface area (Å²) < 4.78 is 0. The van der Waals surface area contributed by atoms with E-state index in [2.05, 4.69) is 5.32 Å². The third-order valence-electron chi connectivity index (χ3n) is 2.14. The number of hydrogen-bond donors (Lipinski definition) is 1. The van der Waals surface area contributed by atoms with Crippen LogP contribution >= 0.6 is 23.2 Å². The molecule has 0 atom stereocenters. The average Bonchev–Trinajstić information content (AvgIpc) is 2.32. The number of allylic oxidation sites excluding steroid dienone is 2. The zero-order chi connectivity index (χ0) is 12.8. The third kappa shape index (κ3) is 3.67. The summed E-state index contributed by atoms with van der Waals surface area (Å²) in [7, 11) is 0. The molecule has 5 heteroatoms. The highest BCUT2D eigenvalue weighted by molar-refractivity contribution is 6.42. The van der Waals surface area contributed by atoms with E-state index >= 15 is 0 Å². The van der Waals surface area contributed by atoms with Gasteiger partial charge in [-0.2, -0.15) is 10.5 Å². The average molecular weight is 266 g/mol. The van der Waals surface area contributed by atoms with Gasteiger partial charge in [-0.1, -0.05) is 29.3 Å². The molecule has 0 unspecified atom stereocenters. The highest BCUT2D eigenvalue weighted by Gasteiger charge is 2.02. The molecule has 0 amide bonds. The molecule has 17 heavy (non-hydrogen) atoms. The highest BCUT2D eigenvalue weighted by Crippen LogP contribution is 2.22. The van der Waals surface area contributed by atoms with E-state index in [4.69, 9.17) is 33.7 Å². The van der Waals surface area contributed by atoms with Crippen LogP contribution in [0, 0.1) is 22.7 Å². The number of nitrogens with zero attached hydrogens (tertiary/aromatic N) is 2. The van der Waals surface area contributed by atoms with Crippen LogP contribution in [0.5, 0.6) is 0 Å². The lowest BCUT2D eigenvalue weighted by atomic mass is 10.2. The standard InChI is InChI=1S/C12H9Cl2N3/c1-8(10(5-15)6-16)17-7-9-2-3-11(13)12(14)4-9/h2-4,17H,7H2,1H3. The van der Waals surface area contributed by atoms with Gasteiger partial charge in [-0.05, 0) is 24.6 Å². The van der Waals surface area contributed by atoms with Crippen molar-refractivity contribution < 1.29 is 0 Å². The molecule has 1 rings (SSSR count). The normalized spacial score (nSPS) is 9.00. The monoisotopic (exact) mass is 265 g/mol. The minimum atomic E-state index is 0.0741. The molecule has 0 fully saturated rings. The van der Waals surface area contributed by atoms with Crippen molar-refractivity contribution in [2.75, 3.05) is 0 Å². The number of rotatable bonds is 3. The van der Waals surface area contributed by atoms with Crippen LogP contribution in [-0.4, -0.2) is 0 Å². The van der Waals surface area contributed by atoms with Crippen molar-refractivity contribution >= 4 is 23.2 Å². The third-order valence-corrected chi connectivity index (χ3v) is 2.88. The van der Waals surface area contributed by atoms with Gasteiger partial charge in [0.2, 0.25) is 0 Å². The fraction of sp³-hybridized carbons (Fsp3) is 0.167. The van der Waals surface area contributed by atoms with Crippen molar-refractivity contribution in [1.29, 1.82) is 10.5 Å². The summed E-state index contributed by atoms with van der Waals surface area (Å²) in [6, 6.07) is 8.90. The Morgan fingerprint density at radius 2 is 1.88 bits per heavy atom. The molecule has 0 spiro atoms. The molecule has 0 aliphatic heterocycles. The van der Waals surface area contributed by atoms with Gasteiger partial charge in [0.25, 0.3) is 0 Å². The molecule has 1 aromatic rings. The zero-order valence-corrected chi connectivity index (χ0v) is 10.6. The molecule has 0 saturated heterocycles. The molecule has 0 aromatic heterocycles. The van der Waals surface area contributed by atoms with Crippen molar-refractivity contribution in [1.82, 2.24) is 5.32 Å². The Kier molecular flexibility index (Phi) is 4.84. The molecule has 0 aliphatic carbocycles. The lowest BCUT2D eigenvalue weighted by Crippen LogP contribution is -2.12. The van der Waals surface area contributed by atoms with Crippen LogP contribution in [0.25, 0.3) is 0 Å². The molecule has 3 nitrogen and oxygen atoms in total. The highest BCUT2D eigenvalue weighted by atomic mass is 35.5. The van der Waals surface area contributed by atoms with Gasteiger partial charge in [-0.25, -0.2) is 0 Å². The Labute approximate surface area is 110 Å². The van der Waals surface area contributed by atoms with E-state index in [1.54, 1.807) is 19.1 Å². The molecule has 0 heterocycles. The van der Waals surface area contributed by atoms with Gasteiger partial charge < -0.3 is 5.32 Å². The Bertz CT molecular complexity index is 520. The van der Waals surface area contributed by atoms with Gasteiger partial charge in [0.15, 0.2) is 0 Å². The maximum absolute atomic E-state index is 8.67. The lowest BCUT2D eigenvalue weighted by Gasteiger charge is -2.07. The van der Waals surface area contributed by atoms with Crippen LogP contribution in [0.4, 0.5) is 0 Å². The predicted molar refractivity (Wildman–Crippen MR) is 67.2 cm³/mol. The van der Waals surface area contributed by atoms with Crippen molar-refractivity contribution in [3.63, 3.8) is 0 Å². The number of halogens is 2. The van der Waals surface area contributed by atoms with Gasteiger partial charge in [-0.3, -0.25) is 0 Å². The van der Waals surface area contributed by atoms with Crippen LogP contribution < -0.4 is 5.32 Å². The Morgan fingerprint density at radius 1 is 1.24 bits per heavy atom. The number of hydrogen-bond acceptors (Lipinski definition) is 3. The summed E-state index contributed by atoms with van der Waals surface area (Å²) in [6.45, 7) is 2.16. The molecule has 0 radical (unpaired) electrons. The van der Waals surface area contributed by atoms with Gasteiger partial charge >= 0.3 is 0 Å². The van der Waals surface area contributed by atoms with Crippen molar-refractivity contribution in [3.8, 4) is 12.1 Å². The quantitative estimate of drug-likeness (QED) is 0.853. The smallest absolute Gasteiger partial charge is 0.148 e. The van der Waals surface area contributed by atoms with Crippen molar-refractivity contribution in [3.05, 3.63) is 45.1 Å². The topological polar surface area (TPSA) is 59.6 Å². The van der Waals surface area contributed by atoms with Crippen LogP contribution in [0.3, 0.4) is 0 Å². The SMILES string of the molecule is CC(NCc1ccc(Cl)c(Cl)c1)=C(C#N)C#N. The lowest BCUT2D eigenvalue weighted by molar-refractivity contribution is 0.807. The fourth-order valence-corrected chi connectivity index (χ4v) is 1.49. The summed E-state index contributed by atoms with van der Waals surface area (Å²) in [5.74, 6) is 0.